The van der Waals surface area contributed by atoms with Crippen molar-refractivity contribution in [1.82, 2.24) is 0 Å². The summed E-state index contributed by atoms with van der Waals surface area (Å²) in [6.07, 6.45) is 7.79. The first-order chi connectivity index (χ1) is 6.88. The standard InChI is InChI=1S/C14H18/c1-12(13-8-4-2-5-9-13)14-10-6-3-7-11-14/h2,4-5,8-10,12H,3,6-7,11H2,1H3. The number of benzene rings is 1. The highest BCUT2D eigenvalue weighted by atomic mass is 14.2. The molecule has 0 radical (unpaired) electrons. The van der Waals surface area contributed by atoms with Crippen LogP contribution in [0.25, 0.3) is 0 Å². The molecule has 1 aliphatic carbocycles. The third-order valence-corrected chi connectivity index (χ3v) is 3.18. The van der Waals surface area contributed by atoms with E-state index in [4.69, 9.17) is 0 Å². The highest BCUT2D eigenvalue weighted by molar-refractivity contribution is 5.28. The molecular weight excluding hydrogens is 168 g/mol. The van der Waals surface area contributed by atoms with Crippen LogP contribution in [0.3, 0.4) is 0 Å². The van der Waals surface area contributed by atoms with Crippen LogP contribution in [0.4, 0.5) is 0 Å². The molecule has 0 nitrogen and oxygen atoms in total. The molecular formula is C14H18. The molecule has 0 N–H and O–H groups in total. The zero-order valence-electron chi connectivity index (χ0n) is 8.87. The van der Waals surface area contributed by atoms with Gasteiger partial charge in [0.2, 0.25) is 0 Å². The summed E-state index contributed by atoms with van der Waals surface area (Å²) < 4.78 is 0. The summed E-state index contributed by atoms with van der Waals surface area (Å²) in [5.41, 5.74) is 3.10. The Labute approximate surface area is 86.7 Å². The summed E-state index contributed by atoms with van der Waals surface area (Å²) in [6, 6.07) is 10.8. The van der Waals surface area contributed by atoms with Crippen molar-refractivity contribution in [2.24, 2.45) is 0 Å². The van der Waals surface area contributed by atoms with E-state index in [1.54, 1.807) is 5.57 Å². The summed E-state index contributed by atoms with van der Waals surface area (Å²) >= 11 is 0. The van der Waals surface area contributed by atoms with E-state index in [1.807, 2.05) is 0 Å². The average Bonchev–Trinajstić information content (AvgIpc) is 2.30. The largest absolute Gasteiger partial charge is 0.0847 e. The van der Waals surface area contributed by atoms with Gasteiger partial charge in [-0.2, -0.15) is 0 Å². The molecule has 0 bridgehead atoms. The molecule has 0 heteroatoms. The Hall–Kier alpha value is -1.04. The maximum absolute atomic E-state index is 2.45. The molecule has 0 heterocycles. The van der Waals surface area contributed by atoms with Crippen molar-refractivity contribution in [2.45, 2.75) is 38.5 Å². The second-order valence-electron chi connectivity index (χ2n) is 4.16. The Morgan fingerprint density at radius 1 is 1.07 bits per heavy atom. The zero-order chi connectivity index (χ0) is 9.80. The van der Waals surface area contributed by atoms with Gasteiger partial charge in [-0.3, -0.25) is 0 Å². The lowest BCUT2D eigenvalue weighted by Gasteiger charge is -2.19. The van der Waals surface area contributed by atoms with E-state index < -0.39 is 0 Å². The van der Waals surface area contributed by atoms with Crippen LogP contribution in [0.15, 0.2) is 42.0 Å². The number of hydrogen-bond donors (Lipinski definition) is 0. The van der Waals surface area contributed by atoms with Gasteiger partial charge in [-0.25, -0.2) is 0 Å². The maximum Gasteiger partial charge on any atom is 0.00198 e. The second-order valence-corrected chi connectivity index (χ2v) is 4.16. The highest BCUT2D eigenvalue weighted by Gasteiger charge is 2.12. The van der Waals surface area contributed by atoms with Crippen molar-refractivity contribution >= 4 is 0 Å². The van der Waals surface area contributed by atoms with E-state index in [2.05, 4.69) is 43.3 Å². The quantitative estimate of drug-likeness (QED) is 0.604. The maximum atomic E-state index is 2.45. The molecule has 1 unspecified atom stereocenters. The van der Waals surface area contributed by atoms with Crippen molar-refractivity contribution in [3.8, 4) is 0 Å². The van der Waals surface area contributed by atoms with Crippen LogP contribution in [0, 0.1) is 0 Å². The molecule has 1 aliphatic rings. The molecule has 0 aromatic heterocycles. The van der Waals surface area contributed by atoms with E-state index in [-0.39, 0.29) is 0 Å². The van der Waals surface area contributed by atoms with Crippen LogP contribution in [-0.4, -0.2) is 0 Å². The lowest BCUT2D eigenvalue weighted by molar-refractivity contribution is 0.658. The third kappa shape index (κ3) is 2.06. The lowest BCUT2D eigenvalue weighted by Crippen LogP contribution is -2.01. The van der Waals surface area contributed by atoms with Crippen molar-refractivity contribution in [2.75, 3.05) is 0 Å². The van der Waals surface area contributed by atoms with Crippen LogP contribution < -0.4 is 0 Å². The van der Waals surface area contributed by atoms with Crippen LogP contribution >= 0.6 is 0 Å². The SMILES string of the molecule is CC(C1=CCCCC1)c1ccccc1. The zero-order valence-corrected chi connectivity index (χ0v) is 8.87. The van der Waals surface area contributed by atoms with Gasteiger partial charge in [0.05, 0.1) is 0 Å². The van der Waals surface area contributed by atoms with Gasteiger partial charge in [0.1, 0.15) is 0 Å². The molecule has 74 valence electrons. The van der Waals surface area contributed by atoms with Crippen molar-refractivity contribution in [1.29, 1.82) is 0 Å². The van der Waals surface area contributed by atoms with Gasteiger partial charge in [0, 0.05) is 5.92 Å². The Kier molecular flexibility index (Phi) is 3.03. The minimum absolute atomic E-state index is 0.622. The van der Waals surface area contributed by atoms with Crippen LogP contribution in [-0.2, 0) is 0 Å². The molecule has 0 saturated carbocycles. The number of rotatable bonds is 2. The lowest BCUT2D eigenvalue weighted by atomic mass is 9.86. The van der Waals surface area contributed by atoms with Gasteiger partial charge in [0.25, 0.3) is 0 Å². The predicted molar refractivity (Wildman–Crippen MR) is 61.4 cm³/mol. The Morgan fingerprint density at radius 3 is 2.50 bits per heavy atom. The van der Waals surface area contributed by atoms with Crippen molar-refractivity contribution in [3.05, 3.63) is 47.5 Å². The number of hydrogen-bond acceptors (Lipinski definition) is 0. The Balaban J connectivity index is 2.15. The molecule has 0 fully saturated rings. The summed E-state index contributed by atoms with van der Waals surface area (Å²) in [6.45, 7) is 2.33. The fourth-order valence-electron chi connectivity index (χ4n) is 2.21. The van der Waals surface area contributed by atoms with Gasteiger partial charge in [0.15, 0.2) is 0 Å². The van der Waals surface area contributed by atoms with Gasteiger partial charge in [-0.15, -0.1) is 0 Å². The monoisotopic (exact) mass is 186 g/mol. The summed E-state index contributed by atoms with van der Waals surface area (Å²) in [5.74, 6) is 0.622. The van der Waals surface area contributed by atoms with Crippen molar-refractivity contribution in [3.63, 3.8) is 0 Å². The van der Waals surface area contributed by atoms with Crippen LogP contribution in [0.1, 0.15) is 44.1 Å². The first-order valence-electron chi connectivity index (χ1n) is 5.62. The molecule has 0 aliphatic heterocycles. The molecule has 0 saturated heterocycles. The van der Waals surface area contributed by atoms with E-state index in [9.17, 15) is 0 Å². The van der Waals surface area contributed by atoms with Crippen LogP contribution in [0.2, 0.25) is 0 Å². The second kappa shape index (κ2) is 4.45. The summed E-state index contributed by atoms with van der Waals surface area (Å²) in [5, 5.41) is 0. The molecule has 1 atom stereocenters. The summed E-state index contributed by atoms with van der Waals surface area (Å²) in [4.78, 5) is 0. The fourth-order valence-corrected chi connectivity index (χ4v) is 2.21. The Morgan fingerprint density at radius 2 is 1.86 bits per heavy atom. The topological polar surface area (TPSA) is 0 Å². The molecule has 0 spiro atoms. The van der Waals surface area contributed by atoms with Gasteiger partial charge >= 0.3 is 0 Å². The smallest absolute Gasteiger partial charge is 0.00198 e. The van der Waals surface area contributed by atoms with E-state index in [1.165, 1.54) is 31.2 Å². The van der Waals surface area contributed by atoms with E-state index in [0.29, 0.717) is 5.92 Å². The predicted octanol–water partition coefficient (Wildman–Crippen LogP) is 4.29. The van der Waals surface area contributed by atoms with Crippen LogP contribution in [0.5, 0.6) is 0 Å². The molecule has 1 aromatic rings. The summed E-state index contributed by atoms with van der Waals surface area (Å²) in [7, 11) is 0. The normalized spacial score (nSPS) is 18.8. The Bertz CT molecular complexity index is 308. The fraction of sp³-hybridized carbons (Fsp3) is 0.429. The minimum atomic E-state index is 0.622. The van der Waals surface area contributed by atoms with E-state index >= 15 is 0 Å². The number of allylic oxidation sites excluding steroid dienone is 2. The molecule has 0 amide bonds. The molecule has 14 heavy (non-hydrogen) atoms. The average molecular weight is 186 g/mol. The first-order valence-corrected chi connectivity index (χ1v) is 5.62. The third-order valence-electron chi connectivity index (χ3n) is 3.18. The van der Waals surface area contributed by atoms with E-state index in [0.717, 1.165) is 0 Å². The highest BCUT2D eigenvalue weighted by Crippen LogP contribution is 2.30. The first kappa shape index (κ1) is 9.51. The minimum Gasteiger partial charge on any atom is -0.0847 e. The molecule has 2 rings (SSSR count). The van der Waals surface area contributed by atoms with Crippen molar-refractivity contribution < 1.29 is 0 Å². The molecule has 1 aromatic carbocycles. The van der Waals surface area contributed by atoms with Gasteiger partial charge in [-0.1, -0.05) is 48.9 Å². The van der Waals surface area contributed by atoms with Gasteiger partial charge < -0.3 is 0 Å². The van der Waals surface area contributed by atoms with Gasteiger partial charge in [-0.05, 0) is 31.2 Å².